The summed E-state index contributed by atoms with van der Waals surface area (Å²) in [4.78, 5) is 14.0. The van der Waals surface area contributed by atoms with Gasteiger partial charge in [0.2, 0.25) is 0 Å². The van der Waals surface area contributed by atoms with Gasteiger partial charge in [-0.05, 0) is 87.4 Å². The zero-order valence-electron chi connectivity index (χ0n) is 20.9. The smallest absolute Gasteiger partial charge is 0.306 e. The van der Waals surface area contributed by atoms with Crippen molar-refractivity contribution in [1.29, 1.82) is 0 Å². The maximum Gasteiger partial charge on any atom is 0.306 e. The molecule has 0 aromatic heterocycles. The van der Waals surface area contributed by atoms with E-state index < -0.39 is 12.2 Å². The van der Waals surface area contributed by atoms with Gasteiger partial charge in [-0.1, -0.05) is 24.3 Å². The Morgan fingerprint density at radius 2 is 2.03 bits per heavy atom. The summed E-state index contributed by atoms with van der Waals surface area (Å²) in [5.74, 6) is -0.928. The van der Waals surface area contributed by atoms with Crippen LogP contribution in [-0.4, -0.2) is 54.4 Å². The quantitative estimate of drug-likeness (QED) is 0.429. The number of esters is 1. The van der Waals surface area contributed by atoms with Gasteiger partial charge in [-0.15, -0.1) is 0 Å². The van der Waals surface area contributed by atoms with Crippen LogP contribution in [0.15, 0.2) is 36.4 Å². The third-order valence-corrected chi connectivity index (χ3v) is 6.67. The molecule has 1 fully saturated rings. The van der Waals surface area contributed by atoms with Gasteiger partial charge in [-0.25, -0.2) is 8.78 Å². The average Bonchev–Trinajstić information content (AvgIpc) is 3.25. The highest BCUT2D eigenvalue weighted by Gasteiger charge is 2.27. The van der Waals surface area contributed by atoms with E-state index in [9.17, 15) is 18.7 Å². The standard InChI is InChI=1S/C28H37F2NO4/c1-4-34-28(33)13-12-25-24(8-5-9-26(25)29)20(3)35-18-23(32)17-31-14-6-7-22(31)15-21-11-10-19(2)27(30)16-21/h5,8-11,16,20,22-23,32H,4,6-7,12-15,17-18H2,1-3H3/t20-,22+,23+/m1/s1. The Labute approximate surface area is 207 Å². The number of nitrogens with zero attached hydrogens (tertiary/aromatic N) is 1. The molecule has 0 unspecified atom stereocenters. The molecule has 2 aromatic rings. The van der Waals surface area contributed by atoms with E-state index in [-0.39, 0.29) is 43.1 Å². The number of hydrogen-bond donors (Lipinski definition) is 1. The van der Waals surface area contributed by atoms with Crippen molar-refractivity contribution in [3.05, 3.63) is 70.3 Å². The molecule has 0 saturated carbocycles. The molecule has 5 nitrogen and oxygen atoms in total. The number of benzene rings is 2. The predicted molar refractivity (Wildman–Crippen MR) is 131 cm³/mol. The second-order valence-corrected chi connectivity index (χ2v) is 9.32. The summed E-state index contributed by atoms with van der Waals surface area (Å²) in [7, 11) is 0. The molecule has 3 atom stereocenters. The minimum atomic E-state index is -0.704. The highest BCUT2D eigenvalue weighted by atomic mass is 19.1. The van der Waals surface area contributed by atoms with Gasteiger partial charge in [-0.3, -0.25) is 9.69 Å². The van der Waals surface area contributed by atoms with E-state index in [0.717, 1.165) is 31.4 Å². The Morgan fingerprint density at radius 1 is 1.23 bits per heavy atom. The maximum absolute atomic E-state index is 14.5. The van der Waals surface area contributed by atoms with Crippen LogP contribution in [-0.2, 0) is 27.1 Å². The summed E-state index contributed by atoms with van der Waals surface area (Å²) in [5.41, 5.74) is 2.71. The number of ether oxygens (including phenoxy) is 2. The molecular formula is C28H37F2NO4. The van der Waals surface area contributed by atoms with Crippen molar-refractivity contribution in [2.45, 2.75) is 71.1 Å². The minimum absolute atomic E-state index is 0.0956. The van der Waals surface area contributed by atoms with Gasteiger partial charge in [0.1, 0.15) is 11.6 Å². The monoisotopic (exact) mass is 489 g/mol. The zero-order chi connectivity index (χ0) is 25.4. The van der Waals surface area contributed by atoms with Crippen LogP contribution in [0, 0.1) is 18.6 Å². The van der Waals surface area contributed by atoms with Crippen molar-refractivity contribution in [2.24, 2.45) is 0 Å². The molecule has 2 aromatic carbocycles. The van der Waals surface area contributed by atoms with Gasteiger partial charge >= 0.3 is 5.97 Å². The number of aryl methyl sites for hydroxylation is 1. The van der Waals surface area contributed by atoms with Crippen molar-refractivity contribution < 1.29 is 28.2 Å². The lowest BCUT2D eigenvalue weighted by Gasteiger charge is -2.28. The van der Waals surface area contributed by atoms with E-state index in [1.54, 1.807) is 38.1 Å². The van der Waals surface area contributed by atoms with Crippen LogP contribution in [0.4, 0.5) is 8.78 Å². The number of aliphatic hydroxyl groups is 1. The fraction of sp³-hybridized carbons (Fsp3) is 0.536. The zero-order valence-corrected chi connectivity index (χ0v) is 20.9. The first-order chi connectivity index (χ1) is 16.8. The van der Waals surface area contributed by atoms with Crippen LogP contribution in [0.3, 0.4) is 0 Å². The van der Waals surface area contributed by atoms with Gasteiger partial charge in [0.05, 0.1) is 25.4 Å². The van der Waals surface area contributed by atoms with Gasteiger partial charge in [-0.2, -0.15) is 0 Å². The normalized spacial score (nSPS) is 17.9. The Balaban J connectivity index is 1.53. The topological polar surface area (TPSA) is 59.0 Å². The molecular weight excluding hydrogens is 452 g/mol. The Morgan fingerprint density at radius 3 is 2.77 bits per heavy atom. The van der Waals surface area contributed by atoms with E-state index in [4.69, 9.17) is 9.47 Å². The number of carbonyl (C=O) groups excluding carboxylic acids is 1. The Hall–Kier alpha value is -2.35. The minimum Gasteiger partial charge on any atom is -0.466 e. The molecule has 1 N–H and O–H groups in total. The summed E-state index contributed by atoms with van der Waals surface area (Å²) in [6.45, 7) is 7.06. The molecule has 192 valence electrons. The van der Waals surface area contributed by atoms with E-state index in [0.29, 0.717) is 29.8 Å². The molecule has 0 spiro atoms. The van der Waals surface area contributed by atoms with Crippen LogP contribution >= 0.6 is 0 Å². The van der Waals surface area contributed by atoms with Crippen LogP contribution < -0.4 is 0 Å². The Kier molecular flexibility index (Phi) is 10.2. The molecule has 1 aliphatic rings. The van der Waals surface area contributed by atoms with Crippen LogP contribution in [0.2, 0.25) is 0 Å². The number of rotatable bonds is 12. The molecule has 1 aliphatic heterocycles. The summed E-state index contributed by atoms with van der Waals surface area (Å²) in [6, 6.07) is 10.4. The fourth-order valence-corrected chi connectivity index (χ4v) is 4.75. The molecule has 0 aliphatic carbocycles. The third kappa shape index (κ3) is 7.82. The van der Waals surface area contributed by atoms with E-state index in [1.807, 2.05) is 13.0 Å². The molecule has 1 saturated heterocycles. The molecule has 35 heavy (non-hydrogen) atoms. The van der Waals surface area contributed by atoms with E-state index >= 15 is 0 Å². The second kappa shape index (κ2) is 13.1. The number of halogens is 2. The van der Waals surface area contributed by atoms with Crippen molar-refractivity contribution in [1.82, 2.24) is 4.90 Å². The lowest BCUT2D eigenvalue weighted by atomic mass is 9.98. The first-order valence-electron chi connectivity index (χ1n) is 12.5. The van der Waals surface area contributed by atoms with Gasteiger partial charge in [0, 0.05) is 19.0 Å². The molecule has 0 bridgehead atoms. The van der Waals surface area contributed by atoms with E-state index in [1.165, 1.54) is 6.07 Å². The number of β-amino-alcohol motifs (C(OH)–C–C–N with tert-alkyl or cyclic N) is 1. The summed E-state index contributed by atoms with van der Waals surface area (Å²) in [5, 5.41) is 10.7. The molecule has 3 rings (SSSR count). The van der Waals surface area contributed by atoms with Crippen molar-refractivity contribution in [3.63, 3.8) is 0 Å². The number of carbonyl (C=O) groups is 1. The lowest BCUT2D eigenvalue weighted by Crippen LogP contribution is -2.39. The number of aliphatic hydroxyl groups excluding tert-OH is 1. The first-order valence-corrected chi connectivity index (χ1v) is 12.5. The number of likely N-dealkylation sites (tertiary alicyclic amines) is 1. The molecule has 0 radical (unpaired) electrons. The van der Waals surface area contributed by atoms with Crippen molar-refractivity contribution in [2.75, 3.05) is 26.3 Å². The summed E-state index contributed by atoms with van der Waals surface area (Å²) < 4.78 is 39.3. The third-order valence-electron chi connectivity index (χ3n) is 6.67. The van der Waals surface area contributed by atoms with Gasteiger partial charge in [0.25, 0.3) is 0 Å². The van der Waals surface area contributed by atoms with Crippen LogP contribution in [0.1, 0.15) is 61.5 Å². The van der Waals surface area contributed by atoms with Crippen LogP contribution in [0.25, 0.3) is 0 Å². The molecule has 1 heterocycles. The highest BCUT2D eigenvalue weighted by molar-refractivity contribution is 5.69. The average molecular weight is 490 g/mol. The summed E-state index contributed by atoms with van der Waals surface area (Å²) >= 11 is 0. The second-order valence-electron chi connectivity index (χ2n) is 9.32. The highest BCUT2D eigenvalue weighted by Crippen LogP contribution is 2.26. The predicted octanol–water partition coefficient (Wildman–Crippen LogP) is 4.91. The SMILES string of the molecule is CCOC(=O)CCc1c(F)cccc1[C@@H](C)OC[C@@H](O)CN1CCC[C@H]1Cc1ccc(C)c(F)c1. The van der Waals surface area contributed by atoms with E-state index in [2.05, 4.69) is 4.90 Å². The molecule has 7 heteroatoms. The van der Waals surface area contributed by atoms with Crippen molar-refractivity contribution in [3.8, 4) is 0 Å². The molecule has 0 amide bonds. The lowest BCUT2D eigenvalue weighted by molar-refractivity contribution is -0.143. The van der Waals surface area contributed by atoms with Gasteiger partial charge in [0.15, 0.2) is 0 Å². The largest absolute Gasteiger partial charge is 0.466 e. The first kappa shape index (κ1) is 27.2. The maximum atomic E-state index is 14.5. The number of hydrogen-bond acceptors (Lipinski definition) is 5. The fourth-order valence-electron chi connectivity index (χ4n) is 4.75. The van der Waals surface area contributed by atoms with Crippen LogP contribution in [0.5, 0.6) is 0 Å². The Bertz CT molecular complexity index is 983. The summed E-state index contributed by atoms with van der Waals surface area (Å²) in [6.07, 6.45) is 1.97. The van der Waals surface area contributed by atoms with Gasteiger partial charge < -0.3 is 14.6 Å². The van der Waals surface area contributed by atoms with Crippen molar-refractivity contribution >= 4 is 5.97 Å².